The molecule has 2 aromatic carbocycles. The van der Waals surface area contributed by atoms with Crippen molar-refractivity contribution in [1.29, 1.82) is 0 Å². The van der Waals surface area contributed by atoms with E-state index in [1.807, 2.05) is 54.7 Å². The molecule has 1 fully saturated rings. The van der Waals surface area contributed by atoms with Crippen molar-refractivity contribution in [1.82, 2.24) is 14.7 Å². The number of rotatable bonds is 8. The lowest BCUT2D eigenvalue weighted by Gasteiger charge is -2.30. The normalized spacial score (nSPS) is 14.1. The van der Waals surface area contributed by atoms with E-state index in [-0.39, 0.29) is 17.8 Å². The van der Waals surface area contributed by atoms with Crippen molar-refractivity contribution in [2.24, 2.45) is 5.92 Å². The number of nitrogens with zero attached hydrogens (tertiary/aromatic N) is 3. The number of ether oxygens (including phenoxy) is 3. The summed E-state index contributed by atoms with van der Waals surface area (Å²) in [5.74, 6) is 0.816. The molecule has 2 heterocycles. The molecule has 1 saturated heterocycles. The highest BCUT2D eigenvalue weighted by molar-refractivity contribution is 5.93. The van der Waals surface area contributed by atoms with Gasteiger partial charge in [0, 0.05) is 36.5 Å². The van der Waals surface area contributed by atoms with Gasteiger partial charge in [0.25, 0.3) is 0 Å². The number of methoxy groups -OCH3 is 2. The van der Waals surface area contributed by atoms with Gasteiger partial charge in [0.1, 0.15) is 5.69 Å². The fraction of sp³-hybridized carbons (Fsp3) is 0.321. The number of hydrogen-bond donors (Lipinski definition) is 0. The molecule has 0 bridgehead atoms. The summed E-state index contributed by atoms with van der Waals surface area (Å²) in [4.78, 5) is 26.7. The number of piperidine rings is 1. The summed E-state index contributed by atoms with van der Waals surface area (Å²) in [5, 5.41) is 4.81. The van der Waals surface area contributed by atoms with Crippen LogP contribution in [-0.4, -0.2) is 60.5 Å². The maximum Gasteiger partial charge on any atom is 0.309 e. The Morgan fingerprint density at radius 1 is 1.03 bits per heavy atom. The Hall–Kier alpha value is -4.07. The first-order valence-electron chi connectivity index (χ1n) is 12.0. The van der Waals surface area contributed by atoms with Crippen molar-refractivity contribution >= 4 is 18.0 Å². The van der Waals surface area contributed by atoms with Crippen molar-refractivity contribution < 1.29 is 23.8 Å². The molecule has 1 aliphatic heterocycles. The van der Waals surface area contributed by atoms with E-state index >= 15 is 0 Å². The Morgan fingerprint density at radius 3 is 2.42 bits per heavy atom. The average Bonchev–Trinajstić information content (AvgIpc) is 3.36. The number of carbonyl (C=O) groups is 2. The van der Waals surface area contributed by atoms with Crippen LogP contribution in [-0.2, 0) is 14.3 Å². The molecule has 0 N–H and O–H groups in total. The third-order valence-corrected chi connectivity index (χ3v) is 6.25. The van der Waals surface area contributed by atoms with E-state index in [9.17, 15) is 9.59 Å². The third-order valence-electron chi connectivity index (χ3n) is 6.25. The van der Waals surface area contributed by atoms with Gasteiger partial charge in [-0.15, -0.1) is 0 Å². The van der Waals surface area contributed by atoms with Gasteiger partial charge >= 0.3 is 5.97 Å². The summed E-state index contributed by atoms with van der Waals surface area (Å²) >= 11 is 0. The number of benzene rings is 2. The van der Waals surface area contributed by atoms with Gasteiger partial charge in [-0.25, -0.2) is 4.68 Å². The zero-order chi connectivity index (χ0) is 25.5. The lowest BCUT2D eigenvalue weighted by Crippen LogP contribution is -2.39. The predicted molar refractivity (Wildman–Crippen MR) is 137 cm³/mol. The minimum Gasteiger partial charge on any atom is -0.493 e. The molecule has 0 saturated carbocycles. The van der Waals surface area contributed by atoms with Crippen molar-refractivity contribution in [3.8, 4) is 28.4 Å². The molecule has 1 aliphatic rings. The second-order valence-corrected chi connectivity index (χ2v) is 8.47. The Morgan fingerprint density at radius 2 is 1.75 bits per heavy atom. The Labute approximate surface area is 211 Å². The molecule has 188 valence electrons. The fourth-order valence-electron chi connectivity index (χ4n) is 4.29. The number of likely N-dealkylation sites (tertiary alicyclic amines) is 1. The molecule has 8 nitrogen and oxygen atoms in total. The minimum absolute atomic E-state index is 0.0944. The van der Waals surface area contributed by atoms with E-state index in [1.165, 1.54) is 0 Å². The number of para-hydroxylation sites is 1. The summed E-state index contributed by atoms with van der Waals surface area (Å²) < 4.78 is 17.8. The minimum atomic E-state index is -0.173. The molecule has 0 radical (unpaired) electrons. The van der Waals surface area contributed by atoms with Gasteiger partial charge in [-0.05, 0) is 56.2 Å². The maximum atomic E-state index is 12.9. The summed E-state index contributed by atoms with van der Waals surface area (Å²) in [5.41, 5.74) is 3.25. The van der Waals surface area contributed by atoms with E-state index in [4.69, 9.17) is 19.3 Å². The van der Waals surface area contributed by atoms with Crippen LogP contribution in [0, 0.1) is 5.92 Å². The van der Waals surface area contributed by atoms with E-state index in [0.717, 1.165) is 16.8 Å². The molecule has 0 aliphatic carbocycles. The zero-order valence-corrected chi connectivity index (χ0v) is 20.8. The number of carbonyl (C=O) groups excluding carboxylic acids is 2. The standard InChI is InChI=1S/C28H31N3O5/c1-4-36-28(33)20-14-16-30(17-15-20)26(32)13-11-22-19-31(23-8-6-5-7-9-23)29-27(22)21-10-12-24(34-2)25(18-21)35-3/h5-13,18-20H,4,14-17H2,1-3H3. The average molecular weight is 490 g/mol. The summed E-state index contributed by atoms with van der Waals surface area (Å²) in [6, 6.07) is 15.4. The van der Waals surface area contributed by atoms with Gasteiger partial charge < -0.3 is 19.1 Å². The van der Waals surface area contributed by atoms with Crippen molar-refractivity contribution in [3.63, 3.8) is 0 Å². The molecular weight excluding hydrogens is 458 g/mol. The molecule has 36 heavy (non-hydrogen) atoms. The first-order chi connectivity index (χ1) is 17.5. The molecule has 4 rings (SSSR count). The third kappa shape index (κ3) is 5.59. The molecule has 1 amide bonds. The maximum absolute atomic E-state index is 12.9. The molecular formula is C28H31N3O5. The van der Waals surface area contributed by atoms with E-state index in [2.05, 4.69) is 0 Å². The predicted octanol–water partition coefficient (Wildman–Crippen LogP) is 4.37. The monoisotopic (exact) mass is 489 g/mol. The van der Waals surface area contributed by atoms with Crippen LogP contribution in [0.5, 0.6) is 11.5 Å². The Balaban J connectivity index is 1.58. The molecule has 8 heteroatoms. The lowest BCUT2D eigenvalue weighted by atomic mass is 9.97. The molecule has 3 aromatic rings. The summed E-state index contributed by atoms with van der Waals surface area (Å²) in [7, 11) is 3.19. The van der Waals surface area contributed by atoms with E-state index in [0.29, 0.717) is 49.7 Å². The fourth-order valence-corrected chi connectivity index (χ4v) is 4.29. The Bertz CT molecular complexity index is 1230. The van der Waals surface area contributed by atoms with Gasteiger partial charge in [-0.2, -0.15) is 5.10 Å². The lowest BCUT2D eigenvalue weighted by molar-refractivity contribution is -0.150. The summed E-state index contributed by atoms with van der Waals surface area (Å²) in [6.07, 6.45) is 6.49. The number of hydrogen-bond acceptors (Lipinski definition) is 6. The van der Waals surface area contributed by atoms with Crippen molar-refractivity contribution in [2.75, 3.05) is 33.9 Å². The van der Waals surface area contributed by atoms with Gasteiger partial charge in [0.2, 0.25) is 5.91 Å². The highest BCUT2D eigenvalue weighted by Crippen LogP contribution is 2.34. The topological polar surface area (TPSA) is 82.9 Å². The van der Waals surface area contributed by atoms with E-state index < -0.39 is 0 Å². The molecule has 0 atom stereocenters. The van der Waals surface area contributed by atoms with Gasteiger partial charge in [0.15, 0.2) is 11.5 Å². The van der Waals surface area contributed by atoms with Crippen molar-refractivity contribution in [3.05, 3.63) is 66.4 Å². The highest BCUT2D eigenvalue weighted by atomic mass is 16.5. The first kappa shape index (κ1) is 25.0. The molecule has 0 spiro atoms. The van der Waals surface area contributed by atoms with Crippen LogP contribution < -0.4 is 9.47 Å². The van der Waals surface area contributed by atoms with Crippen LogP contribution >= 0.6 is 0 Å². The quantitative estimate of drug-likeness (QED) is 0.345. The van der Waals surface area contributed by atoms with Crippen LogP contribution in [0.15, 0.2) is 60.8 Å². The highest BCUT2D eigenvalue weighted by Gasteiger charge is 2.27. The second-order valence-electron chi connectivity index (χ2n) is 8.47. The summed E-state index contributed by atoms with van der Waals surface area (Å²) in [6.45, 7) is 3.23. The largest absolute Gasteiger partial charge is 0.493 e. The number of aromatic nitrogens is 2. The van der Waals surface area contributed by atoms with Crippen LogP contribution in [0.25, 0.3) is 23.0 Å². The van der Waals surface area contributed by atoms with Crippen LogP contribution in [0.3, 0.4) is 0 Å². The van der Waals surface area contributed by atoms with Gasteiger partial charge in [-0.1, -0.05) is 18.2 Å². The zero-order valence-electron chi connectivity index (χ0n) is 20.8. The van der Waals surface area contributed by atoms with Gasteiger partial charge in [0.05, 0.1) is 32.4 Å². The first-order valence-corrected chi connectivity index (χ1v) is 12.0. The number of amides is 1. The van der Waals surface area contributed by atoms with E-state index in [1.54, 1.807) is 42.9 Å². The van der Waals surface area contributed by atoms with Crippen LogP contribution in [0.2, 0.25) is 0 Å². The van der Waals surface area contributed by atoms with Gasteiger partial charge in [-0.3, -0.25) is 9.59 Å². The van der Waals surface area contributed by atoms with Crippen LogP contribution in [0.4, 0.5) is 0 Å². The number of esters is 1. The SMILES string of the molecule is CCOC(=O)C1CCN(C(=O)C=Cc2cn(-c3ccccc3)nc2-c2ccc(OC)c(OC)c2)CC1. The Kier molecular flexibility index (Phi) is 8.05. The molecule has 1 aromatic heterocycles. The smallest absolute Gasteiger partial charge is 0.309 e. The molecule has 0 unspecified atom stereocenters. The van der Waals surface area contributed by atoms with Crippen LogP contribution in [0.1, 0.15) is 25.3 Å². The van der Waals surface area contributed by atoms with Crippen molar-refractivity contribution in [2.45, 2.75) is 19.8 Å². The second kappa shape index (κ2) is 11.6.